The minimum absolute atomic E-state index is 0.0781. The second kappa shape index (κ2) is 13.6. The predicted molar refractivity (Wildman–Crippen MR) is 150 cm³/mol. The van der Waals surface area contributed by atoms with E-state index < -0.39 is 22.5 Å². The zero-order chi connectivity index (χ0) is 26.8. The fourth-order valence-electron chi connectivity index (χ4n) is 3.49. The Kier molecular flexibility index (Phi) is 10.5. The number of anilines is 1. The number of thioether (sulfide) groups is 1. The van der Waals surface area contributed by atoms with Crippen LogP contribution in [-0.4, -0.2) is 47.4 Å². The van der Waals surface area contributed by atoms with E-state index in [0.717, 1.165) is 27.8 Å². The molecule has 7 nitrogen and oxygen atoms in total. The first kappa shape index (κ1) is 28.7. The van der Waals surface area contributed by atoms with E-state index in [4.69, 9.17) is 21.1 Å². The molecule has 0 saturated heterocycles. The number of nitrogens with zero attached hydrogens (tertiary/aromatic N) is 1. The predicted octanol–water partition coefficient (Wildman–Crippen LogP) is 5.30. The number of ether oxygens (including phenoxy) is 2. The van der Waals surface area contributed by atoms with Crippen molar-refractivity contribution in [3.8, 4) is 11.5 Å². The number of nitrogens with one attached hydrogen (secondary N) is 1. The zero-order valence-corrected chi connectivity index (χ0v) is 23.5. The van der Waals surface area contributed by atoms with E-state index in [-0.39, 0.29) is 10.6 Å². The Morgan fingerprint density at radius 3 is 2.35 bits per heavy atom. The van der Waals surface area contributed by atoms with Gasteiger partial charge in [-0.3, -0.25) is 9.10 Å². The van der Waals surface area contributed by atoms with Crippen LogP contribution in [0, 0.1) is 6.92 Å². The molecule has 0 radical (unpaired) electrons. The summed E-state index contributed by atoms with van der Waals surface area (Å²) in [6.07, 6.45) is 0.747. The maximum atomic E-state index is 13.7. The lowest BCUT2D eigenvalue weighted by Crippen LogP contribution is -2.41. The molecule has 0 unspecified atom stereocenters. The van der Waals surface area contributed by atoms with Crippen molar-refractivity contribution in [3.05, 3.63) is 82.9 Å². The number of rotatable bonds is 13. The van der Waals surface area contributed by atoms with Gasteiger partial charge in [0.1, 0.15) is 18.0 Å². The van der Waals surface area contributed by atoms with E-state index in [2.05, 4.69) is 5.32 Å². The summed E-state index contributed by atoms with van der Waals surface area (Å²) < 4.78 is 39.1. The Balaban J connectivity index is 1.69. The summed E-state index contributed by atoms with van der Waals surface area (Å²) in [6, 6.07) is 19.0. The molecule has 0 fully saturated rings. The smallest absolute Gasteiger partial charge is 0.264 e. The number of aryl methyl sites for hydroxylation is 1. The van der Waals surface area contributed by atoms with Gasteiger partial charge in [-0.05, 0) is 61.1 Å². The number of hydrogen-bond acceptors (Lipinski definition) is 6. The summed E-state index contributed by atoms with van der Waals surface area (Å²) in [5.41, 5.74) is 2.33. The molecule has 0 aliphatic rings. The quantitative estimate of drug-likeness (QED) is 0.285. The fraction of sp³-hybridized carbons (Fsp3) is 0.296. The maximum Gasteiger partial charge on any atom is 0.264 e. The number of benzene rings is 3. The highest BCUT2D eigenvalue weighted by Crippen LogP contribution is 2.35. The first-order valence-electron chi connectivity index (χ1n) is 11.6. The molecule has 0 bridgehead atoms. The molecule has 0 aliphatic heterocycles. The van der Waals surface area contributed by atoms with Gasteiger partial charge in [0.2, 0.25) is 5.91 Å². The topological polar surface area (TPSA) is 84.9 Å². The van der Waals surface area contributed by atoms with Gasteiger partial charge >= 0.3 is 0 Å². The fourth-order valence-corrected chi connectivity index (χ4v) is 5.96. The van der Waals surface area contributed by atoms with Crippen molar-refractivity contribution >= 4 is 45.0 Å². The van der Waals surface area contributed by atoms with Gasteiger partial charge < -0.3 is 14.8 Å². The number of hydrogen-bond donors (Lipinski definition) is 1. The Morgan fingerprint density at radius 2 is 1.70 bits per heavy atom. The molecule has 0 atom stereocenters. The number of halogens is 1. The third-order valence-electron chi connectivity index (χ3n) is 5.52. The van der Waals surface area contributed by atoms with Crippen molar-refractivity contribution in [1.29, 1.82) is 0 Å². The molecule has 0 aliphatic carbocycles. The molecule has 1 N–H and O–H groups in total. The lowest BCUT2D eigenvalue weighted by molar-refractivity contribution is -0.119. The van der Waals surface area contributed by atoms with Crippen LogP contribution in [0.15, 0.2) is 71.6 Å². The van der Waals surface area contributed by atoms with Gasteiger partial charge in [0.15, 0.2) is 0 Å². The largest absolute Gasteiger partial charge is 0.497 e. The lowest BCUT2D eigenvalue weighted by atomic mass is 10.2. The molecular weight excluding hydrogens is 532 g/mol. The van der Waals surface area contributed by atoms with Gasteiger partial charge in [0.05, 0.1) is 24.8 Å². The lowest BCUT2D eigenvalue weighted by Gasteiger charge is -2.26. The third-order valence-corrected chi connectivity index (χ3v) is 8.66. The second-order valence-electron chi connectivity index (χ2n) is 8.25. The molecule has 3 aromatic rings. The molecule has 0 spiro atoms. The van der Waals surface area contributed by atoms with Crippen LogP contribution in [0.4, 0.5) is 5.69 Å². The van der Waals surface area contributed by atoms with Gasteiger partial charge in [-0.2, -0.15) is 11.8 Å². The van der Waals surface area contributed by atoms with E-state index in [1.807, 2.05) is 31.2 Å². The van der Waals surface area contributed by atoms with E-state index in [0.29, 0.717) is 23.1 Å². The highest BCUT2D eigenvalue weighted by Gasteiger charge is 2.30. The normalized spacial score (nSPS) is 11.1. The Bertz CT molecular complexity index is 1280. The minimum atomic E-state index is -4.07. The van der Waals surface area contributed by atoms with Gasteiger partial charge in [0, 0.05) is 23.4 Å². The number of amides is 1. The molecule has 198 valence electrons. The van der Waals surface area contributed by atoms with Gasteiger partial charge in [-0.1, -0.05) is 41.4 Å². The molecule has 3 aromatic carbocycles. The molecule has 10 heteroatoms. The van der Waals surface area contributed by atoms with Crippen LogP contribution in [0.25, 0.3) is 0 Å². The van der Waals surface area contributed by atoms with Gasteiger partial charge in [-0.25, -0.2) is 8.42 Å². The van der Waals surface area contributed by atoms with Crippen LogP contribution < -0.4 is 19.1 Å². The number of carbonyl (C=O) groups excluding carboxylic acids is 1. The average Bonchev–Trinajstić information content (AvgIpc) is 2.90. The van der Waals surface area contributed by atoms with E-state index >= 15 is 0 Å². The van der Waals surface area contributed by atoms with Crippen LogP contribution in [0.5, 0.6) is 11.5 Å². The molecule has 3 rings (SSSR count). The van der Waals surface area contributed by atoms with Crippen molar-refractivity contribution in [3.63, 3.8) is 0 Å². The summed E-state index contributed by atoms with van der Waals surface area (Å²) in [4.78, 5) is 13.0. The maximum absolute atomic E-state index is 13.7. The van der Waals surface area contributed by atoms with Crippen molar-refractivity contribution in [2.24, 2.45) is 0 Å². The van der Waals surface area contributed by atoms with Crippen LogP contribution in [-0.2, 0) is 20.6 Å². The molecule has 0 aromatic heterocycles. The third kappa shape index (κ3) is 8.05. The highest BCUT2D eigenvalue weighted by molar-refractivity contribution is 7.98. The molecule has 0 heterocycles. The Labute approximate surface area is 228 Å². The standard InChI is InChI=1S/C27H31ClN2O5S2/c1-20-5-12-24(13-6-20)37(32,33)30(25-17-23(34-2)11-14-26(25)35-3)18-27(31)29-15-4-16-36-19-21-7-9-22(28)10-8-21/h5-14,17H,4,15-16,18-19H2,1-3H3,(H,29,31). The van der Waals surface area contributed by atoms with Crippen LogP contribution in [0.1, 0.15) is 17.5 Å². The van der Waals surface area contributed by atoms with Gasteiger partial charge in [0.25, 0.3) is 10.0 Å². The van der Waals surface area contributed by atoms with Crippen LogP contribution in [0.2, 0.25) is 5.02 Å². The summed E-state index contributed by atoms with van der Waals surface area (Å²) in [5, 5.41) is 3.55. The Morgan fingerprint density at radius 1 is 1.00 bits per heavy atom. The van der Waals surface area contributed by atoms with Crippen LogP contribution in [0.3, 0.4) is 0 Å². The van der Waals surface area contributed by atoms with E-state index in [9.17, 15) is 13.2 Å². The summed E-state index contributed by atoms with van der Waals surface area (Å²) in [6.45, 7) is 1.90. The van der Waals surface area contributed by atoms with Crippen molar-refractivity contribution in [1.82, 2.24) is 5.32 Å². The highest BCUT2D eigenvalue weighted by atomic mass is 35.5. The van der Waals surface area contributed by atoms with Gasteiger partial charge in [-0.15, -0.1) is 0 Å². The average molecular weight is 563 g/mol. The minimum Gasteiger partial charge on any atom is -0.497 e. The first-order chi connectivity index (χ1) is 17.7. The first-order valence-corrected chi connectivity index (χ1v) is 14.6. The molecular formula is C27H31ClN2O5S2. The molecule has 37 heavy (non-hydrogen) atoms. The number of sulfonamides is 1. The monoisotopic (exact) mass is 562 g/mol. The molecule has 0 saturated carbocycles. The van der Waals surface area contributed by atoms with Crippen molar-refractivity contribution in [2.45, 2.75) is 24.0 Å². The summed E-state index contributed by atoms with van der Waals surface area (Å²) >= 11 is 7.67. The van der Waals surface area contributed by atoms with E-state index in [1.54, 1.807) is 42.1 Å². The SMILES string of the molecule is COc1ccc(OC)c(N(CC(=O)NCCCSCc2ccc(Cl)cc2)S(=O)(=O)c2ccc(C)cc2)c1. The Hall–Kier alpha value is -2.88. The van der Waals surface area contributed by atoms with Crippen molar-refractivity contribution < 1.29 is 22.7 Å². The van der Waals surface area contributed by atoms with Crippen LogP contribution >= 0.6 is 23.4 Å². The zero-order valence-electron chi connectivity index (χ0n) is 21.1. The number of carbonyl (C=O) groups is 1. The van der Waals surface area contributed by atoms with Crippen molar-refractivity contribution in [2.75, 3.05) is 37.4 Å². The second-order valence-corrected chi connectivity index (χ2v) is 11.6. The summed E-state index contributed by atoms with van der Waals surface area (Å²) in [7, 11) is -1.14. The summed E-state index contributed by atoms with van der Waals surface area (Å²) in [5.74, 6) is 2.03. The van der Waals surface area contributed by atoms with E-state index in [1.165, 1.54) is 31.9 Å². The number of methoxy groups -OCH3 is 2. The molecule has 1 amide bonds.